The Morgan fingerprint density at radius 3 is 2.82 bits per heavy atom. The third kappa shape index (κ3) is 3.22. The third-order valence-corrected chi connectivity index (χ3v) is 2.95. The van der Waals surface area contributed by atoms with E-state index in [0.29, 0.717) is 5.92 Å². The fourth-order valence-corrected chi connectivity index (χ4v) is 1.87. The summed E-state index contributed by atoms with van der Waals surface area (Å²) >= 11 is 0. The summed E-state index contributed by atoms with van der Waals surface area (Å²) in [7, 11) is 0. The second-order valence-electron chi connectivity index (χ2n) is 5.06. The molecular formula is C14H19NO2. The molecule has 2 atom stereocenters. The van der Waals surface area contributed by atoms with Gasteiger partial charge in [0, 0.05) is 18.0 Å². The Morgan fingerprint density at radius 2 is 2.24 bits per heavy atom. The summed E-state index contributed by atoms with van der Waals surface area (Å²) in [5.74, 6) is 3.03. The molecule has 0 aromatic carbocycles. The van der Waals surface area contributed by atoms with E-state index in [9.17, 15) is 4.79 Å². The predicted octanol–water partition coefficient (Wildman–Crippen LogP) is 2.94. The number of carbonyl (C=O) groups excluding carboxylic acids is 1. The maximum atomic E-state index is 11.4. The third-order valence-electron chi connectivity index (χ3n) is 2.95. The summed E-state index contributed by atoms with van der Waals surface area (Å²) in [5, 5.41) is 2.79. The monoisotopic (exact) mass is 233 g/mol. The first kappa shape index (κ1) is 12.0. The van der Waals surface area contributed by atoms with Gasteiger partial charge in [0.15, 0.2) is 0 Å². The van der Waals surface area contributed by atoms with Gasteiger partial charge >= 0.3 is 0 Å². The number of hydrogen-bond acceptors (Lipinski definition) is 2. The van der Waals surface area contributed by atoms with Crippen LogP contribution in [-0.4, -0.2) is 11.9 Å². The summed E-state index contributed by atoms with van der Waals surface area (Å²) < 4.78 is 5.67. The van der Waals surface area contributed by atoms with Gasteiger partial charge in [-0.1, -0.05) is 6.92 Å². The van der Waals surface area contributed by atoms with Gasteiger partial charge in [-0.05, 0) is 44.4 Å². The number of nitrogens with one attached hydrogen (secondary N) is 1. The molecule has 0 bridgehead atoms. The number of amides is 1. The smallest absolute Gasteiger partial charge is 0.244 e. The maximum absolute atomic E-state index is 11.4. The molecule has 1 amide bonds. The zero-order valence-electron chi connectivity index (χ0n) is 10.6. The van der Waals surface area contributed by atoms with Crippen molar-refractivity contribution in [2.75, 3.05) is 0 Å². The normalized spacial score (nSPS) is 23.3. The van der Waals surface area contributed by atoms with Gasteiger partial charge in [-0.25, -0.2) is 0 Å². The van der Waals surface area contributed by atoms with Crippen molar-refractivity contribution in [3.63, 3.8) is 0 Å². The van der Waals surface area contributed by atoms with Crippen LogP contribution in [-0.2, 0) is 4.79 Å². The van der Waals surface area contributed by atoms with Crippen LogP contribution in [0.1, 0.15) is 44.6 Å². The molecule has 3 heteroatoms. The average molecular weight is 233 g/mol. The standard InChI is InChI=1S/C14H19NO2/c1-9(2)15-14(16)7-5-11-4-6-13(17-11)12-8-10(12)3/h4-7,9-10,12H,8H2,1-3H3,(H,15,16)/b7-5+. The van der Waals surface area contributed by atoms with Crippen LogP contribution in [0.5, 0.6) is 0 Å². The Balaban J connectivity index is 1.92. The van der Waals surface area contributed by atoms with Gasteiger partial charge in [0.05, 0.1) is 0 Å². The molecule has 1 aromatic heterocycles. The first-order chi connectivity index (χ1) is 8.06. The molecule has 0 spiro atoms. The zero-order chi connectivity index (χ0) is 12.4. The molecule has 0 radical (unpaired) electrons. The van der Waals surface area contributed by atoms with Crippen LogP contribution in [0.3, 0.4) is 0 Å². The summed E-state index contributed by atoms with van der Waals surface area (Å²) in [5.41, 5.74) is 0. The molecule has 1 heterocycles. The van der Waals surface area contributed by atoms with Crippen LogP contribution < -0.4 is 5.32 Å². The van der Waals surface area contributed by atoms with Crippen LogP contribution in [0.25, 0.3) is 6.08 Å². The van der Waals surface area contributed by atoms with E-state index >= 15 is 0 Å². The van der Waals surface area contributed by atoms with Crippen LogP contribution >= 0.6 is 0 Å². The number of furan rings is 1. The Hall–Kier alpha value is -1.51. The topological polar surface area (TPSA) is 42.2 Å². The van der Waals surface area contributed by atoms with E-state index in [4.69, 9.17) is 4.42 Å². The van der Waals surface area contributed by atoms with E-state index in [1.54, 1.807) is 6.08 Å². The van der Waals surface area contributed by atoms with Gasteiger partial charge in [0.2, 0.25) is 5.91 Å². The molecule has 92 valence electrons. The van der Waals surface area contributed by atoms with Crippen molar-refractivity contribution in [1.29, 1.82) is 0 Å². The van der Waals surface area contributed by atoms with Crippen molar-refractivity contribution >= 4 is 12.0 Å². The molecule has 1 aromatic rings. The zero-order valence-corrected chi connectivity index (χ0v) is 10.6. The van der Waals surface area contributed by atoms with Gasteiger partial charge in [-0.2, -0.15) is 0 Å². The minimum absolute atomic E-state index is 0.0854. The van der Waals surface area contributed by atoms with Crippen LogP contribution in [0.15, 0.2) is 22.6 Å². The molecule has 17 heavy (non-hydrogen) atoms. The quantitative estimate of drug-likeness (QED) is 0.812. The van der Waals surface area contributed by atoms with Gasteiger partial charge < -0.3 is 9.73 Å². The predicted molar refractivity (Wildman–Crippen MR) is 67.5 cm³/mol. The van der Waals surface area contributed by atoms with E-state index in [2.05, 4.69) is 12.2 Å². The highest BCUT2D eigenvalue weighted by Crippen LogP contribution is 2.47. The van der Waals surface area contributed by atoms with E-state index in [1.807, 2.05) is 26.0 Å². The van der Waals surface area contributed by atoms with Gasteiger partial charge in [0.25, 0.3) is 0 Å². The molecule has 2 unspecified atom stereocenters. The Morgan fingerprint density at radius 1 is 1.53 bits per heavy atom. The van der Waals surface area contributed by atoms with Crippen LogP contribution in [0.2, 0.25) is 0 Å². The van der Waals surface area contributed by atoms with E-state index in [0.717, 1.165) is 17.4 Å². The highest BCUT2D eigenvalue weighted by atomic mass is 16.3. The minimum Gasteiger partial charge on any atom is -0.461 e. The molecule has 0 saturated heterocycles. The fraction of sp³-hybridized carbons (Fsp3) is 0.500. The van der Waals surface area contributed by atoms with E-state index in [1.165, 1.54) is 12.5 Å². The highest BCUT2D eigenvalue weighted by Gasteiger charge is 2.36. The Kier molecular flexibility index (Phi) is 3.36. The van der Waals surface area contributed by atoms with Crippen molar-refractivity contribution in [2.45, 2.75) is 39.2 Å². The SMILES string of the molecule is CC(C)NC(=O)/C=C/c1ccc(C2CC2C)o1. The molecule has 2 rings (SSSR count). The summed E-state index contributed by atoms with van der Waals surface area (Å²) in [6.07, 6.45) is 4.44. The van der Waals surface area contributed by atoms with E-state index < -0.39 is 0 Å². The lowest BCUT2D eigenvalue weighted by Gasteiger charge is -2.03. The lowest BCUT2D eigenvalue weighted by Crippen LogP contribution is -2.28. The summed E-state index contributed by atoms with van der Waals surface area (Å²) in [6.45, 7) is 6.09. The van der Waals surface area contributed by atoms with Gasteiger partial charge in [-0.3, -0.25) is 4.79 Å². The lowest BCUT2D eigenvalue weighted by molar-refractivity contribution is -0.116. The summed E-state index contributed by atoms with van der Waals surface area (Å²) in [4.78, 5) is 11.4. The van der Waals surface area contributed by atoms with Gasteiger partial charge in [0.1, 0.15) is 11.5 Å². The molecule has 3 nitrogen and oxygen atoms in total. The summed E-state index contributed by atoms with van der Waals surface area (Å²) in [6, 6.07) is 4.08. The maximum Gasteiger partial charge on any atom is 0.244 e. The highest BCUT2D eigenvalue weighted by molar-refractivity contribution is 5.91. The van der Waals surface area contributed by atoms with E-state index in [-0.39, 0.29) is 11.9 Å². The molecule has 1 N–H and O–H groups in total. The molecule has 1 saturated carbocycles. The van der Waals surface area contributed by atoms with Crippen LogP contribution in [0, 0.1) is 5.92 Å². The first-order valence-electron chi connectivity index (χ1n) is 6.14. The molecule has 1 aliphatic rings. The van der Waals surface area contributed by atoms with Crippen molar-refractivity contribution in [3.05, 3.63) is 29.7 Å². The largest absolute Gasteiger partial charge is 0.461 e. The number of hydrogen-bond donors (Lipinski definition) is 1. The second-order valence-corrected chi connectivity index (χ2v) is 5.06. The van der Waals surface area contributed by atoms with Gasteiger partial charge in [-0.15, -0.1) is 0 Å². The molecule has 1 fully saturated rings. The Labute approximate surface area is 102 Å². The lowest BCUT2D eigenvalue weighted by atomic mass is 10.3. The van der Waals surface area contributed by atoms with Crippen molar-refractivity contribution in [1.82, 2.24) is 5.32 Å². The van der Waals surface area contributed by atoms with Crippen molar-refractivity contribution in [3.8, 4) is 0 Å². The second kappa shape index (κ2) is 4.78. The molecule has 0 aliphatic heterocycles. The number of rotatable bonds is 4. The molecular weight excluding hydrogens is 214 g/mol. The van der Waals surface area contributed by atoms with Crippen molar-refractivity contribution in [2.24, 2.45) is 5.92 Å². The average Bonchev–Trinajstić information content (AvgIpc) is 2.78. The number of carbonyl (C=O) groups is 1. The first-order valence-corrected chi connectivity index (χ1v) is 6.14. The fourth-order valence-electron chi connectivity index (χ4n) is 1.87. The minimum atomic E-state index is -0.0854. The molecule has 1 aliphatic carbocycles. The Bertz CT molecular complexity index is 431. The van der Waals surface area contributed by atoms with Crippen molar-refractivity contribution < 1.29 is 9.21 Å². The van der Waals surface area contributed by atoms with Crippen LogP contribution in [0.4, 0.5) is 0 Å².